The second-order valence-corrected chi connectivity index (χ2v) is 9.55. The predicted octanol–water partition coefficient (Wildman–Crippen LogP) is 5.39. The number of rotatable bonds is 10. The molecule has 0 spiro atoms. The van der Waals surface area contributed by atoms with Crippen LogP contribution in [-0.4, -0.2) is 35.1 Å². The minimum absolute atomic E-state index is 0.0332. The first-order chi connectivity index (χ1) is 13.9. The molecule has 2 aromatic rings. The molecule has 29 heavy (non-hydrogen) atoms. The molecule has 2 aromatic carbocycles. The maximum absolute atomic E-state index is 13.0. The van der Waals surface area contributed by atoms with Crippen molar-refractivity contribution in [2.75, 3.05) is 12.3 Å². The fourth-order valence-electron chi connectivity index (χ4n) is 2.68. The van der Waals surface area contributed by atoms with Gasteiger partial charge in [-0.3, -0.25) is 9.59 Å². The van der Waals surface area contributed by atoms with E-state index in [9.17, 15) is 9.59 Å². The van der Waals surface area contributed by atoms with Crippen LogP contribution < -0.4 is 5.32 Å². The van der Waals surface area contributed by atoms with E-state index in [0.717, 1.165) is 26.7 Å². The molecule has 2 amide bonds. The summed E-state index contributed by atoms with van der Waals surface area (Å²) in [6, 6.07) is 15.4. The van der Waals surface area contributed by atoms with Gasteiger partial charge in [-0.2, -0.15) is 0 Å². The van der Waals surface area contributed by atoms with Gasteiger partial charge in [0.25, 0.3) is 0 Å². The Kier molecular flexibility index (Phi) is 10.2. The van der Waals surface area contributed by atoms with Crippen molar-refractivity contribution in [1.82, 2.24) is 10.2 Å². The first-order valence-electron chi connectivity index (χ1n) is 9.54. The molecule has 1 atom stereocenters. The molecule has 4 nitrogen and oxygen atoms in total. The van der Waals surface area contributed by atoms with E-state index in [1.54, 1.807) is 23.6 Å². The van der Waals surface area contributed by atoms with Gasteiger partial charge >= 0.3 is 0 Å². The largest absolute Gasteiger partial charge is 0.354 e. The third-order valence-corrected chi connectivity index (χ3v) is 6.44. The molecule has 156 valence electrons. The van der Waals surface area contributed by atoms with Gasteiger partial charge in [0.1, 0.15) is 6.04 Å². The van der Waals surface area contributed by atoms with Crippen molar-refractivity contribution in [2.24, 2.45) is 0 Å². The average Bonchev–Trinajstić information content (AvgIpc) is 2.72. The molecule has 1 N–H and O–H groups in total. The highest BCUT2D eigenvalue weighted by molar-refractivity contribution is 9.10. The Balaban J connectivity index is 2.03. The summed E-state index contributed by atoms with van der Waals surface area (Å²) < 4.78 is 2.02. The summed E-state index contributed by atoms with van der Waals surface area (Å²) >= 11 is 8.42. The molecular weight excluding hydrogens is 516 g/mol. The molecule has 0 saturated carbocycles. The lowest BCUT2D eigenvalue weighted by Crippen LogP contribution is -2.48. The Morgan fingerprint density at radius 3 is 2.10 bits per heavy atom. The molecular formula is C22H26Br2N2O2S. The van der Waals surface area contributed by atoms with E-state index in [-0.39, 0.29) is 11.8 Å². The number of thioether (sulfide) groups is 1. The molecule has 0 heterocycles. The zero-order valence-electron chi connectivity index (χ0n) is 16.7. The lowest BCUT2D eigenvalue weighted by atomic mass is 10.1. The van der Waals surface area contributed by atoms with Crippen molar-refractivity contribution >= 4 is 55.4 Å². The molecule has 0 aliphatic rings. The molecule has 0 aliphatic heterocycles. The van der Waals surface area contributed by atoms with Crippen LogP contribution in [0.2, 0.25) is 0 Å². The molecule has 0 unspecified atom stereocenters. The highest BCUT2D eigenvalue weighted by Crippen LogP contribution is 2.19. The molecule has 0 bridgehead atoms. The Hall–Kier alpha value is -1.31. The number of benzene rings is 2. The predicted molar refractivity (Wildman–Crippen MR) is 128 cm³/mol. The van der Waals surface area contributed by atoms with E-state index in [1.165, 1.54) is 5.56 Å². The minimum Gasteiger partial charge on any atom is -0.354 e. The fourth-order valence-corrected chi connectivity index (χ4v) is 4.08. The van der Waals surface area contributed by atoms with Crippen molar-refractivity contribution in [3.8, 4) is 0 Å². The van der Waals surface area contributed by atoms with Crippen molar-refractivity contribution < 1.29 is 9.59 Å². The number of halogens is 2. The SMILES string of the molecule is CCCNC(=O)[C@H](C)N(Cc1ccc(Br)cc1)C(=O)CSCc1ccc(Br)cc1. The fraction of sp³-hybridized carbons (Fsp3) is 0.364. The summed E-state index contributed by atoms with van der Waals surface area (Å²) in [5.41, 5.74) is 2.16. The van der Waals surface area contributed by atoms with Crippen LogP contribution in [0, 0.1) is 0 Å². The van der Waals surface area contributed by atoms with E-state index in [1.807, 2.05) is 55.5 Å². The second kappa shape index (κ2) is 12.4. The van der Waals surface area contributed by atoms with Crippen molar-refractivity contribution in [3.63, 3.8) is 0 Å². The van der Waals surface area contributed by atoms with Gasteiger partial charge in [-0.05, 0) is 48.7 Å². The third kappa shape index (κ3) is 8.15. The maximum Gasteiger partial charge on any atom is 0.242 e. The summed E-state index contributed by atoms with van der Waals surface area (Å²) in [6.45, 7) is 4.82. The van der Waals surface area contributed by atoms with E-state index in [4.69, 9.17) is 0 Å². The molecule has 0 radical (unpaired) electrons. The Labute approximate surface area is 194 Å². The smallest absolute Gasteiger partial charge is 0.242 e. The summed E-state index contributed by atoms with van der Waals surface area (Å²) in [4.78, 5) is 27.2. The number of amides is 2. The third-order valence-electron chi connectivity index (χ3n) is 4.39. The highest BCUT2D eigenvalue weighted by atomic mass is 79.9. The quantitative estimate of drug-likeness (QED) is 0.439. The van der Waals surface area contributed by atoms with Crippen molar-refractivity contribution in [1.29, 1.82) is 0 Å². The van der Waals surface area contributed by atoms with Gasteiger partial charge in [0.2, 0.25) is 11.8 Å². The van der Waals surface area contributed by atoms with Gasteiger partial charge < -0.3 is 10.2 Å². The Morgan fingerprint density at radius 2 is 1.55 bits per heavy atom. The number of nitrogens with one attached hydrogen (secondary N) is 1. The molecule has 7 heteroatoms. The molecule has 0 fully saturated rings. The monoisotopic (exact) mass is 540 g/mol. The normalized spacial score (nSPS) is 11.7. The van der Waals surface area contributed by atoms with Gasteiger partial charge in [0.05, 0.1) is 5.75 Å². The molecule has 0 saturated heterocycles. The highest BCUT2D eigenvalue weighted by Gasteiger charge is 2.25. The van der Waals surface area contributed by atoms with Gasteiger partial charge in [0.15, 0.2) is 0 Å². The van der Waals surface area contributed by atoms with Crippen LogP contribution in [0.25, 0.3) is 0 Å². The number of carbonyl (C=O) groups is 2. The topological polar surface area (TPSA) is 49.4 Å². The van der Waals surface area contributed by atoms with Crippen LogP contribution in [0.1, 0.15) is 31.4 Å². The Morgan fingerprint density at radius 1 is 1.00 bits per heavy atom. The first kappa shape index (κ1) is 24.0. The van der Waals surface area contributed by atoms with Crippen LogP contribution in [0.3, 0.4) is 0 Å². The lowest BCUT2D eigenvalue weighted by Gasteiger charge is -2.28. The van der Waals surface area contributed by atoms with E-state index >= 15 is 0 Å². The number of carbonyl (C=O) groups excluding carboxylic acids is 2. The van der Waals surface area contributed by atoms with Gasteiger partial charge in [-0.15, -0.1) is 11.8 Å². The zero-order valence-corrected chi connectivity index (χ0v) is 20.6. The summed E-state index contributed by atoms with van der Waals surface area (Å²) in [5, 5.41) is 2.90. The average molecular weight is 542 g/mol. The van der Waals surface area contributed by atoms with Gasteiger partial charge in [-0.25, -0.2) is 0 Å². The van der Waals surface area contributed by atoms with Crippen LogP contribution in [0.15, 0.2) is 57.5 Å². The maximum atomic E-state index is 13.0. The van der Waals surface area contributed by atoms with E-state index in [2.05, 4.69) is 37.2 Å². The summed E-state index contributed by atoms with van der Waals surface area (Å²) in [7, 11) is 0. The number of hydrogen-bond donors (Lipinski definition) is 1. The van der Waals surface area contributed by atoms with Crippen LogP contribution in [-0.2, 0) is 21.9 Å². The molecule has 0 aromatic heterocycles. The standard InChI is InChI=1S/C22H26Br2N2O2S/c1-3-12-25-22(28)16(2)26(13-17-4-8-19(23)9-5-17)21(27)15-29-14-18-6-10-20(24)11-7-18/h4-11,16H,3,12-15H2,1-2H3,(H,25,28)/t16-/m0/s1. The number of hydrogen-bond acceptors (Lipinski definition) is 3. The summed E-state index contributed by atoms with van der Waals surface area (Å²) in [6.07, 6.45) is 0.863. The molecule has 0 aliphatic carbocycles. The van der Waals surface area contributed by atoms with Crippen LogP contribution in [0.5, 0.6) is 0 Å². The van der Waals surface area contributed by atoms with E-state index < -0.39 is 6.04 Å². The Bertz CT molecular complexity index is 797. The first-order valence-corrected chi connectivity index (χ1v) is 12.3. The lowest BCUT2D eigenvalue weighted by molar-refractivity contribution is -0.138. The number of nitrogens with zero attached hydrogens (tertiary/aromatic N) is 1. The van der Waals surface area contributed by atoms with Gasteiger partial charge in [-0.1, -0.05) is 63.0 Å². The van der Waals surface area contributed by atoms with E-state index in [0.29, 0.717) is 18.8 Å². The molecule has 2 rings (SSSR count). The zero-order chi connectivity index (χ0) is 21.2. The van der Waals surface area contributed by atoms with Gasteiger partial charge in [0, 0.05) is 27.8 Å². The van der Waals surface area contributed by atoms with Crippen LogP contribution in [0.4, 0.5) is 0 Å². The second-order valence-electron chi connectivity index (χ2n) is 6.73. The van der Waals surface area contributed by atoms with Crippen molar-refractivity contribution in [2.45, 2.75) is 38.6 Å². The van der Waals surface area contributed by atoms with Crippen molar-refractivity contribution in [3.05, 3.63) is 68.6 Å². The summed E-state index contributed by atoms with van der Waals surface area (Å²) in [5.74, 6) is 0.934. The van der Waals surface area contributed by atoms with Crippen LogP contribution >= 0.6 is 43.6 Å². The minimum atomic E-state index is -0.522.